The number of rotatable bonds is 3. The van der Waals surface area contributed by atoms with Crippen molar-refractivity contribution < 1.29 is 26.9 Å². The molecular formula is C11H19NO6S. The van der Waals surface area contributed by atoms with E-state index in [1.54, 1.807) is 20.8 Å². The second-order valence-corrected chi connectivity index (χ2v) is 7.07. The Morgan fingerprint density at radius 2 is 2.00 bits per heavy atom. The number of carbonyl (C=O) groups is 2. The third kappa shape index (κ3) is 5.15. The highest BCUT2D eigenvalue weighted by Crippen LogP contribution is 2.22. The van der Waals surface area contributed by atoms with E-state index < -0.39 is 27.9 Å². The first-order valence-corrected chi connectivity index (χ1v) is 7.71. The highest BCUT2D eigenvalue weighted by atomic mass is 32.2. The standard InChI is InChI=1S/C11H19NO6S/c1-11(2,3)18-10(14)12-8(5-6-9(12)13)7-17-19(4,15)16/h8H,5-7H2,1-4H3/t8-/m0/s1. The summed E-state index contributed by atoms with van der Waals surface area (Å²) in [6, 6.07) is -0.600. The van der Waals surface area contributed by atoms with Crippen LogP contribution in [0.5, 0.6) is 0 Å². The third-order valence-corrected chi connectivity index (χ3v) is 2.95. The highest BCUT2D eigenvalue weighted by Gasteiger charge is 2.39. The first kappa shape index (κ1) is 15.9. The van der Waals surface area contributed by atoms with Gasteiger partial charge in [-0.15, -0.1) is 0 Å². The van der Waals surface area contributed by atoms with Crippen LogP contribution in [0.3, 0.4) is 0 Å². The molecule has 1 aliphatic rings. The Bertz CT molecular complexity index is 464. The minimum atomic E-state index is -3.60. The molecule has 0 saturated carbocycles. The van der Waals surface area contributed by atoms with Crippen LogP contribution in [0.4, 0.5) is 4.79 Å². The SMILES string of the molecule is CC(C)(C)OC(=O)N1C(=O)CC[C@H]1COS(C)(=O)=O. The fourth-order valence-corrected chi connectivity index (χ4v) is 2.07. The lowest BCUT2D eigenvalue weighted by Gasteiger charge is -2.26. The van der Waals surface area contributed by atoms with Crippen LogP contribution in [-0.4, -0.2) is 49.8 Å². The molecule has 0 spiro atoms. The van der Waals surface area contributed by atoms with E-state index in [4.69, 9.17) is 4.74 Å². The van der Waals surface area contributed by atoms with Crippen molar-refractivity contribution in [3.8, 4) is 0 Å². The molecule has 1 heterocycles. The van der Waals surface area contributed by atoms with Gasteiger partial charge in [0.15, 0.2) is 0 Å². The van der Waals surface area contributed by atoms with E-state index in [-0.39, 0.29) is 18.9 Å². The lowest BCUT2D eigenvalue weighted by atomic mass is 10.2. The van der Waals surface area contributed by atoms with Crippen LogP contribution in [-0.2, 0) is 23.8 Å². The van der Waals surface area contributed by atoms with Gasteiger partial charge < -0.3 is 4.74 Å². The minimum absolute atomic E-state index is 0.178. The molecule has 0 aromatic rings. The average molecular weight is 293 g/mol. The van der Waals surface area contributed by atoms with Crippen LogP contribution in [0.15, 0.2) is 0 Å². The number of hydrogen-bond donors (Lipinski definition) is 0. The lowest BCUT2D eigenvalue weighted by Crippen LogP contribution is -2.44. The Balaban J connectivity index is 2.72. The van der Waals surface area contributed by atoms with E-state index in [0.29, 0.717) is 6.42 Å². The summed E-state index contributed by atoms with van der Waals surface area (Å²) in [6.45, 7) is 4.83. The number of hydrogen-bond acceptors (Lipinski definition) is 6. The average Bonchev–Trinajstić information content (AvgIpc) is 2.52. The highest BCUT2D eigenvalue weighted by molar-refractivity contribution is 7.85. The van der Waals surface area contributed by atoms with Gasteiger partial charge in [0.25, 0.3) is 10.1 Å². The lowest BCUT2D eigenvalue weighted by molar-refractivity contribution is -0.128. The molecule has 7 nitrogen and oxygen atoms in total. The molecule has 0 aromatic heterocycles. The fourth-order valence-electron chi connectivity index (χ4n) is 1.67. The van der Waals surface area contributed by atoms with Crippen molar-refractivity contribution in [3.05, 3.63) is 0 Å². The molecule has 1 atom stereocenters. The maximum Gasteiger partial charge on any atom is 0.417 e. The zero-order valence-electron chi connectivity index (χ0n) is 11.5. The van der Waals surface area contributed by atoms with Crippen molar-refractivity contribution in [2.24, 2.45) is 0 Å². The maximum atomic E-state index is 11.9. The summed E-state index contributed by atoms with van der Waals surface area (Å²) in [5.41, 5.74) is -0.720. The van der Waals surface area contributed by atoms with Crippen molar-refractivity contribution in [2.45, 2.75) is 45.3 Å². The molecular weight excluding hydrogens is 274 g/mol. The Hall–Kier alpha value is -1.15. The van der Waals surface area contributed by atoms with Crippen molar-refractivity contribution in [2.75, 3.05) is 12.9 Å². The Labute approximate surface area is 113 Å². The quantitative estimate of drug-likeness (QED) is 0.718. The van der Waals surface area contributed by atoms with Crippen molar-refractivity contribution in [3.63, 3.8) is 0 Å². The Kier molecular flexibility index (Phi) is 4.57. The Morgan fingerprint density at radius 3 is 2.47 bits per heavy atom. The molecule has 1 saturated heterocycles. The largest absolute Gasteiger partial charge is 0.443 e. The summed E-state index contributed by atoms with van der Waals surface area (Å²) in [5, 5.41) is 0. The van der Waals surface area contributed by atoms with Gasteiger partial charge in [-0.05, 0) is 27.2 Å². The first-order chi connectivity index (χ1) is 8.49. The number of nitrogens with zero attached hydrogens (tertiary/aromatic N) is 1. The van der Waals surface area contributed by atoms with Gasteiger partial charge >= 0.3 is 6.09 Å². The maximum absolute atomic E-state index is 11.9. The smallest absolute Gasteiger partial charge is 0.417 e. The number of likely N-dealkylation sites (tertiary alicyclic amines) is 1. The number of carbonyl (C=O) groups excluding carboxylic acids is 2. The van der Waals surface area contributed by atoms with Gasteiger partial charge in [0, 0.05) is 6.42 Å². The molecule has 19 heavy (non-hydrogen) atoms. The van der Waals surface area contributed by atoms with Crippen LogP contribution < -0.4 is 0 Å². The normalized spacial score (nSPS) is 20.7. The van der Waals surface area contributed by atoms with Crippen LogP contribution in [0.1, 0.15) is 33.6 Å². The van der Waals surface area contributed by atoms with E-state index in [1.807, 2.05) is 0 Å². The van der Waals surface area contributed by atoms with E-state index in [0.717, 1.165) is 11.2 Å². The molecule has 2 amide bonds. The van der Waals surface area contributed by atoms with Gasteiger partial charge in [0.2, 0.25) is 5.91 Å². The second-order valence-electron chi connectivity index (χ2n) is 5.43. The van der Waals surface area contributed by atoms with Crippen LogP contribution in [0, 0.1) is 0 Å². The molecule has 8 heteroatoms. The number of imide groups is 1. The first-order valence-electron chi connectivity index (χ1n) is 5.89. The van der Waals surface area contributed by atoms with Gasteiger partial charge in [-0.1, -0.05) is 0 Å². The second kappa shape index (κ2) is 5.46. The summed E-state index contributed by atoms with van der Waals surface area (Å²) in [7, 11) is -3.60. The molecule has 0 radical (unpaired) electrons. The molecule has 110 valence electrons. The van der Waals surface area contributed by atoms with E-state index in [2.05, 4.69) is 4.18 Å². The van der Waals surface area contributed by atoms with Gasteiger partial charge in [-0.2, -0.15) is 8.42 Å². The monoisotopic (exact) mass is 293 g/mol. The summed E-state index contributed by atoms with van der Waals surface area (Å²) in [6.07, 6.45) is 0.698. The van der Waals surface area contributed by atoms with Gasteiger partial charge in [-0.25, -0.2) is 9.69 Å². The molecule has 0 unspecified atom stereocenters. The van der Waals surface area contributed by atoms with Crippen LogP contribution >= 0.6 is 0 Å². The van der Waals surface area contributed by atoms with Gasteiger partial charge in [0.1, 0.15) is 5.60 Å². The molecule has 0 aromatic carbocycles. The van der Waals surface area contributed by atoms with E-state index >= 15 is 0 Å². The summed E-state index contributed by atoms with van der Waals surface area (Å²) in [4.78, 5) is 24.5. The molecule has 0 N–H and O–H groups in total. The van der Waals surface area contributed by atoms with Gasteiger partial charge in [0.05, 0.1) is 18.9 Å². The molecule has 1 rings (SSSR count). The molecule has 1 aliphatic heterocycles. The molecule has 0 bridgehead atoms. The number of amides is 2. The summed E-state index contributed by atoms with van der Waals surface area (Å²) < 4.78 is 31.6. The van der Waals surface area contributed by atoms with E-state index in [9.17, 15) is 18.0 Å². The topological polar surface area (TPSA) is 90.0 Å². The van der Waals surface area contributed by atoms with Crippen molar-refractivity contribution in [1.82, 2.24) is 4.90 Å². The minimum Gasteiger partial charge on any atom is -0.443 e. The van der Waals surface area contributed by atoms with Crippen molar-refractivity contribution in [1.29, 1.82) is 0 Å². The Morgan fingerprint density at radius 1 is 1.42 bits per heavy atom. The van der Waals surface area contributed by atoms with Crippen LogP contribution in [0.2, 0.25) is 0 Å². The zero-order chi connectivity index (χ0) is 14.8. The number of ether oxygens (including phenoxy) is 1. The summed E-state index contributed by atoms with van der Waals surface area (Å²) in [5.74, 6) is -0.378. The summed E-state index contributed by atoms with van der Waals surface area (Å²) >= 11 is 0. The zero-order valence-corrected chi connectivity index (χ0v) is 12.3. The van der Waals surface area contributed by atoms with Gasteiger partial charge in [-0.3, -0.25) is 8.98 Å². The van der Waals surface area contributed by atoms with Crippen LogP contribution in [0.25, 0.3) is 0 Å². The molecule has 1 fully saturated rings. The van der Waals surface area contributed by atoms with Crippen molar-refractivity contribution >= 4 is 22.1 Å². The molecule has 0 aliphatic carbocycles. The predicted molar refractivity (Wildman–Crippen MR) is 66.9 cm³/mol. The third-order valence-electron chi connectivity index (χ3n) is 2.39. The van der Waals surface area contributed by atoms with E-state index in [1.165, 1.54) is 0 Å². The predicted octanol–water partition coefficient (Wildman–Crippen LogP) is 0.889. The fraction of sp³-hybridized carbons (Fsp3) is 0.818.